The van der Waals surface area contributed by atoms with E-state index in [2.05, 4.69) is 5.32 Å². The Morgan fingerprint density at radius 3 is 2.18 bits per heavy atom. The summed E-state index contributed by atoms with van der Waals surface area (Å²) in [6, 6.07) is 20.5. The molecule has 8 heteroatoms. The molecule has 0 heterocycles. The van der Waals surface area contributed by atoms with Gasteiger partial charge >= 0.3 is 0 Å². The van der Waals surface area contributed by atoms with Crippen molar-refractivity contribution in [2.45, 2.75) is 71.5 Å². The molecular formula is C31H39N3O4S. The average molecular weight is 550 g/mol. The minimum Gasteiger partial charge on any atom is -0.352 e. The van der Waals surface area contributed by atoms with Crippen molar-refractivity contribution in [3.8, 4) is 0 Å². The zero-order valence-electron chi connectivity index (χ0n) is 23.6. The lowest BCUT2D eigenvalue weighted by Crippen LogP contribution is -2.52. The van der Waals surface area contributed by atoms with Crippen LogP contribution in [-0.2, 0) is 26.2 Å². The molecule has 3 aromatic carbocycles. The number of rotatable bonds is 11. The van der Waals surface area contributed by atoms with Crippen molar-refractivity contribution in [1.29, 1.82) is 0 Å². The van der Waals surface area contributed by atoms with Gasteiger partial charge in [-0.1, -0.05) is 67.1 Å². The molecule has 0 aromatic heterocycles. The fourth-order valence-corrected chi connectivity index (χ4v) is 5.77. The molecule has 0 saturated carbocycles. The Hall–Kier alpha value is -3.65. The van der Waals surface area contributed by atoms with Gasteiger partial charge in [0.1, 0.15) is 12.6 Å². The maximum absolute atomic E-state index is 14.0. The number of carbonyl (C=O) groups is 2. The van der Waals surface area contributed by atoms with Gasteiger partial charge in [-0.25, -0.2) is 8.42 Å². The second-order valence-electron chi connectivity index (χ2n) is 10.1. The smallest absolute Gasteiger partial charge is 0.264 e. The number of benzene rings is 3. The number of aryl methyl sites for hydroxylation is 3. The lowest BCUT2D eigenvalue weighted by Gasteiger charge is -2.33. The Bertz CT molecular complexity index is 1410. The van der Waals surface area contributed by atoms with E-state index in [1.54, 1.807) is 31.2 Å². The zero-order valence-corrected chi connectivity index (χ0v) is 24.5. The third-order valence-electron chi connectivity index (χ3n) is 6.85. The summed E-state index contributed by atoms with van der Waals surface area (Å²) >= 11 is 0. The van der Waals surface area contributed by atoms with Crippen LogP contribution in [0.15, 0.2) is 77.7 Å². The van der Waals surface area contributed by atoms with E-state index in [9.17, 15) is 18.0 Å². The number of nitrogens with zero attached hydrogens (tertiary/aromatic N) is 2. The van der Waals surface area contributed by atoms with Crippen LogP contribution >= 0.6 is 0 Å². The van der Waals surface area contributed by atoms with Crippen molar-refractivity contribution in [3.05, 3.63) is 95.1 Å². The minimum absolute atomic E-state index is 0.0548. The first-order valence-corrected chi connectivity index (χ1v) is 14.7. The molecule has 0 aliphatic carbocycles. The summed E-state index contributed by atoms with van der Waals surface area (Å²) in [5.41, 5.74) is 3.91. The number of amides is 2. The Kier molecular flexibility index (Phi) is 9.92. The van der Waals surface area contributed by atoms with Gasteiger partial charge in [0.15, 0.2) is 0 Å². The highest BCUT2D eigenvalue weighted by Gasteiger charge is 2.33. The molecular weight excluding hydrogens is 510 g/mol. The number of hydrogen-bond donors (Lipinski definition) is 1. The summed E-state index contributed by atoms with van der Waals surface area (Å²) < 4.78 is 29.0. The highest BCUT2D eigenvalue weighted by atomic mass is 32.2. The number of carbonyl (C=O) groups excluding carboxylic acids is 2. The van der Waals surface area contributed by atoms with Crippen LogP contribution in [0.2, 0.25) is 0 Å². The minimum atomic E-state index is -4.09. The van der Waals surface area contributed by atoms with Gasteiger partial charge in [0.05, 0.1) is 10.6 Å². The second kappa shape index (κ2) is 12.9. The van der Waals surface area contributed by atoms with E-state index in [1.165, 1.54) is 17.0 Å². The molecule has 0 bridgehead atoms. The fourth-order valence-electron chi connectivity index (χ4n) is 4.28. The summed E-state index contributed by atoms with van der Waals surface area (Å²) in [7, 11) is -4.09. The van der Waals surface area contributed by atoms with Gasteiger partial charge in [-0.2, -0.15) is 0 Å². The van der Waals surface area contributed by atoms with Gasteiger partial charge in [0, 0.05) is 12.6 Å². The Balaban J connectivity index is 2.06. The van der Waals surface area contributed by atoms with Gasteiger partial charge in [0.25, 0.3) is 10.0 Å². The van der Waals surface area contributed by atoms with Crippen LogP contribution in [0.3, 0.4) is 0 Å². The van der Waals surface area contributed by atoms with Crippen molar-refractivity contribution in [2.24, 2.45) is 0 Å². The van der Waals surface area contributed by atoms with Crippen molar-refractivity contribution in [2.75, 3.05) is 10.8 Å². The summed E-state index contributed by atoms with van der Waals surface area (Å²) in [6.07, 6.45) is 0.750. The monoisotopic (exact) mass is 549 g/mol. The first-order chi connectivity index (χ1) is 18.4. The molecule has 0 unspecified atom stereocenters. The molecule has 0 saturated heterocycles. The third kappa shape index (κ3) is 7.47. The topological polar surface area (TPSA) is 86.8 Å². The maximum atomic E-state index is 14.0. The van der Waals surface area contributed by atoms with Gasteiger partial charge in [-0.15, -0.1) is 0 Å². The average Bonchev–Trinajstić information content (AvgIpc) is 2.91. The van der Waals surface area contributed by atoms with Crippen molar-refractivity contribution < 1.29 is 18.0 Å². The maximum Gasteiger partial charge on any atom is 0.264 e. The van der Waals surface area contributed by atoms with Crippen LogP contribution in [0.4, 0.5) is 5.69 Å². The van der Waals surface area contributed by atoms with Gasteiger partial charge < -0.3 is 10.2 Å². The Morgan fingerprint density at radius 1 is 0.872 bits per heavy atom. The molecule has 3 rings (SSSR count). The quantitative estimate of drug-likeness (QED) is 0.359. The molecule has 2 amide bonds. The van der Waals surface area contributed by atoms with Crippen LogP contribution in [0.1, 0.15) is 49.4 Å². The summed E-state index contributed by atoms with van der Waals surface area (Å²) in [5.74, 6) is -0.752. The number of nitrogens with one attached hydrogen (secondary N) is 1. The molecule has 208 valence electrons. The molecule has 0 spiro atoms. The van der Waals surface area contributed by atoms with Crippen LogP contribution in [-0.4, -0.2) is 43.8 Å². The highest BCUT2D eigenvalue weighted by molar-refractivity contribution is 7.92. The van der Waals surface area contributed by atoms with E-state index in [0.717, 1.165) is 33.0 Å². The second-order valence-corrected chi connectivity index (χ2v) is 12.0. The molecule has 1 N–H and O–H groups in total. The number of hydrogen-bond acceptors (Lipinski definition) is 4. The molecule has 0 fully saturated rings. The Morgan fingerprint density at radius 2 is 1.54 bits per heavy atom. The fraction of sp³-hybridized carbons (Fsp3) is 0.355. The molecule has 0 aliphatic heterocycles. The highest BCUT2D eigenvalue weighted by Crippen LogP contribution is 2.28. The van der Waals surface area contributed by atoms with E-state index in [0.29, 0.717) is 5.69 Å². The van der Waals surface area contributed by atoms with Gasteiger partial charge in [-0.3, -0.25) is 13.9 Å². The van der Waals surface area contributed by atoms with E-state index in [4.69, 9.17) is 0 Å². The lowest BCUT2D eigenvalue weighted by atomic mass is 10.1. The zero-order chi connectivity index (χ0) is 28.7. The molecule has 2 atom stereocenters. The third-order valence-corrected chi connectivity index (χ3v) is 8.62. The molecule has 39 heavy (non-hydrogen) atoms. The van der Waals surface area contributed by atoms with E-state index in [-0.39, 0.29) is 23.4 Å². The van der Waals surface area contributed by atoms with Crippen molar-refractivity contribution >= 4 is 27.5 Å². The molecule has 0 radical (unpaired) electrons. The SMILES string of the molecule is CC[C@@H](C)NC(=O)[C@H](C)N(Cc1cccc(C)c1)C(=O)CN(c1cc(C)ccc1C)S(=O)(=O)c1ccccc1. The van der Waals surface area contributed by atoms with Crippen LogP contribution in [0.25, 0.3) is 0 Å². The largest absolute Gasteiger partial charge is 0.352 e. The predicted octanol–water partition coefficient (Wildman–Crippen LogP) is 5.14. The van der Waals surface area contributed by atoms with Crippen LogP contribution in [0, 0.1) is 20.8 Å². The molecule has 0 aliphatic rings. The van der Waals surface area contributed by atoms with E-state index in [1.807, 2.05) is 71.0 Å². The number of anilines is 1. The lowest BCUT2D eigenvalue weighted by molar-refractivity contribution is -0.139. The number of sulfonamides is 1. The standard InChI is InChI=1S/C31H39N3O4S/c1-7-25(5)32-31(36)26(6)33(20-27-13-11-12-22(2)18-27)30(35)21-34(29-19-23(3)16-17-24(29)4)39(37,38)28-14-9-8-10-15-28/h8-19,25-26H,7,20-21H2,1-6H3,(H,32,36)/t25-,26+/m1/s1. The van der Waals surface area contributed by atoms with Gasteiger partial charge in [-0.05, 0) is 75.9 Å². The molecule has 3 aromatic rings. The van der Waals surface area contributed by atoms with E-state index < -0.39 is 28.5 Å². The van der Waals surface area contributed by atoms with Crippen molar-refractivity contribution in [3.63, 3.8) is 0 Å². The Labute approximate surface area is 232 Å². The normalized spacial score (nSPS) is 12.9. The summed E-state index contributed by atoms with van der Waals surface area (Å²) in [6.45, 7) is 10.9. The summed E-state index contributed by atoms with van der Waals surface area (Å²) in [5, 5.41) is 2.95. The summed E-state index contributed by atoms with van der Waals surface area (Å²) in [4.78, 5) is 28.7. The van der Waals surface area contributed by atoms with E-state index >= 15 is 0 Å². The van der Waals surface area contributed by atoms with Crippen LogP contribution < -0.4 is 9.62 Å². The molecule has 7 nitrogen and oxygen atoms in total. The first-order valence-electron chi connectivity index (χ1n) is 13.2. The van der Waals surface area contributed by atoms with Crippen LogP contribution in [0.5, 0.6) is 0 Å². The predicted molar refractivity (Wildman–Crippen MR) is 156 cm³/mol. The van der Waals surface area contributed by atoms with Gasteiger partial charge in [0.2, 0.25) is 11.8 Å². The van der Waals surface area contributed by atoms with Crippen molar-refractivity contribution in [1.82, 2.24) is 10.2 Å². The first kappa shape index (κ1) is 29.9.